The van der Waals surface area contributed by atoms with Gasteiger partial charge < -0.3 is 10.2 Å². The summed E-state index contributed by atoms with van der Waals surface area (Å²) in [7, 11) is 0. The van der Waals surface area contributed by atoms with Crippen molar-refractivity contribution >= 4 is 17.4 Å². The molecule has 0 saturated carbocycles. The predicted octanol–water partition coefficient (Wildman–Crippen LogP) is 1.06. The lowest BCUT2D eigenvalue weighted by Crippen LogP contribution is -2.36. The molecule has 0 unspecified atom stereocenters. The van der Waals surface area contributed by atoms with Gasteiger partial charge in [-0.05, 0) is 20.3 Å². The third kappa shape index (κ3) is 2.33. The maximum Gasteiger partial charge on any atom is 0.217 e. The number of nitrogens with one attached hydrogen (secondary N) is 1. The van der Waals surface area contributed by atoms with Gasteiger partial charge in [0.15, 0.2) is 5.65 Å². The lowest BCUT2D eigenvalue weighted by Gasteiger charge is -2.20. The van der Waals surface area contributed by atoms with Crippen LogP contribution < -0.4 is 10.2 Å². The molecule has 1 amide bonds. The number of hydrogen-bond donors (Lipinski definition) is 1. The molecule has 20 heavy (non-hydrogen) atoms. The van der Waals surface area contributed by atoms with Crippen LogP contribution in [0.1, 0.15) is 24.7 Å². The second-order valence-corrected chi connectivity index (χ2v) is 5.44. The molecule has 6 nitrogen and oxygen atoms in total. The molecule has 0 bridgehead atoms. The molecule has 1 aliphatic rings. The average Bonchev–Trinajstić information content (AvgIpc) is 2.93. The Kier molecular flexibility index (Phi) is 3.08. The molecule has 1 fully saturated rings. The van der Waals surface area contributed by atoms with Gasteiger partial charge in [0.2, 0.25) is 5.91 Å². The van der Waals surface area contributed by atoms with Crippen LogP contribution in [0.3, 0.4) is 0 Å². The third-order valence-corrected chi connectivity index (χ3v) is 3.58. The molecule has 6 heteroatoms. The standard InChI is InChI=1S/C14H19N5O/c1-9-7-14(19-13(15-9)6-10(2)17-19)18-5-4-12(8-18)16-11(3)20/h6-7,12H,4-5,8H2,1-3H3,(H,16,20)/t12-/m0/s1. The molecule has 2 aromatic rings. The molecule has 1 saturated heterocycles. The average molecular weight is 273 g/mol. The van der Waals surface area contributed by atoms with Gasteiger partial charge in [-0.1, -0.05) is 0 Å². The maximum absolute atomic E-state index is 11.2. The highest BCUT2D eigenvalue weighted by Crippen LogP contribution is 2.22. The topological polar surface area (TPSA) is 62.5 Å². The monoisotopic (exact) mass is 273 g/mol. The van der Waals surface area contributed by atoms with Crippen molar-refractivity contribution < 1.29 is 4.79 Å². The van der Waals surface area contributed by atoms with Gasteiger partial charge in [0.25, 0.3) is 0 Å². The van der Waals surface area contributed by atoms with Crippen LogP contribution in [0, 0.1) is 13.8 Å². The zero-order chi connectivity index (χ0) is 14.3. The van der Waals surface area contributed by atoms with Gasteiger partial charge in [0, 0.05) is 43.9 Å². The fourth-order valence-corrected chi connectivity index (χ4v) is 2.79. The zero-order valence-corrected chi connectivity index (χ0v) is 12.1. The molecule has 106 valence electrons. The van der Waals surface area contributed by atoms with Crippen LogP contribution in [0.2, 0.25) is 0 Å². The van der Waals surface area contributed by atoms with Gasteiger partial charge >= 0.3 is 0 Å². The fourth-order valence-electron chi connectivity index (χ4n) is 2.79. The number of amides is 1. The van der Waals surface area contributed by atoms with E-state index in [1.165, 1.54) is 0 Å². The highest BCUT2D eigenvalue weighted by Gasteiger charge is 2.25. The van der Waals surface area contributed by atoms with Gasteiger partial charge in [0.1, 0.15) is 5.82 Å². The van der Waals surface area contributed by atoms with Crippen LogP contribution in [0.15, 0.2) is 12.1 Å². The predicted molar refractivity (Wildman–Crippen MR) is 76.9 cm³/mol. The molecule has 0 aromatic carbocycles. The normalized spacial score (nSPS) is 18.8. The summed E-state index contributed by atoms with van der Waals surface area (Å²) in [5, 5.41) is 7.49. The van der Waals surface area contributed by atoms with E-state index in [-0.39, 0.29) is 11.9 Å². The summed E-state index contributed by atoms with van der Waals surface area (Å²) < 4.78 is 1.89. The first-order valence-corrected chi connectivity index (χ1v) is 6.89. The lowest BCUT2D eigenvalue weighted by molar-refractivity contribution is -0.119. The van der Waals surface area contributed by atoms with Crippen LogP contribution in [-0.2, 0) is 4.79 Å². The molecular formula is C14H19N5O. The first-order chi connectivity index (χ1) is 9.52. The number of anilines is 1. The van der Waals surface area contributed by atoms with Crippen LogP contribution in [0.4, 0.5) is 5.82 Å². The number of carbonyl (C=O) groups is 1. The van der Waals surface area contributed by atoms with E-state index in [0.717, 1.165) is 42.4 Å². The number of nitrogens with zero attached hydrogens (tertiary/aromatic N) is 4. The Morgan fingerprint density at radius 3 is 2.90 bits per heavy atom. The summed E-state index contributed by atoms with van der Waals surface area (Å²) in [5.41, 5.74) is 2.82. The van der Waals surface area contributed by atoms with Gasteiger partial charge in [-0.15, -0.1) is 0 Å². The van der Waals surface area contributed by atoms with Gasteiger partial charge in [-0.2, -0.15) is 9.61 Å². The summed E-state index contributed by atoms with van der Waals surface area (Å²) in [5.74, 6) is 1.08. The van der Waals surface area contributed by atoms with Crippen LogP contribution in [0.5, 0.6) is 0 Å². The maximum atomic E-state index is 11.2. The Balaban J connectivity index is 1.92. The van der Waals surface area contributed by atoms with Crippen molar-refractivity contribution in [1.29, 1.82) is 0 Å². The van der Waals surface area contributed by atoms with Gasteiger partial charge in [-0.3, -0.25) is 4.79 Å². The Morgan fingerprint density at radius 1 is 1.35 bits per heavy atom. The molecule has 1 atom stereocenters. The van der Waals surface area contributed by atoms with Crippen molar-refractivity contribution in [2.45, 2.75) is 33.2 Å². The molecule has 0 aliphatic carbocycles. The van der Waals surface area contributed by atoms with Crippen molar-refractivity contribution in [3.05, 3.63) is 23.5 Å². The van der Waals surface area contributed by atoms with E-state index >= 15 is 0 Å². The van der Waals surface area contributed by atoms with Crippen LogP contribution in [-0.4, -0.2) is 39.6 Å². The second kappa shape index (κ2) is 4.77. The Morgan fingerprint density at radius 2 is 2.15 bits per heavy atom. The largest absolute Gasteiger partial charge is 0.354 e. The SMILES string of the molecule is CC(=O)N[C@H]1CCN(c2cc(C)nc3cc(C)nn23)C1. The lowest BCUT2D eigenvalue weighted by atomic mass is 10.2. The summed E-state index contributed by atoms with van der Waals surface area (Å²) >= 11 is 0. The molecule has 3 rings (SSSR count). The first-order valence-electron chi connectivity index (χ1n) is 6.89. The van der Waals surface area contributed by atoms with E-state index < -0.39 is 0 Å². The number of hydrogen-bond acceptors (Lipinski definition) is 4. The molecule has 1 N–H and O–H groups in total. The number of fused-ring (bicyclic) bond motifs is 1. The summed E-state index contributed by atoms with van der Waals surface area (Å²) in [6.07, 6.45) is 0.961. The number of carbonyl (C=O) groups excluding carboxylic acids is 1. The summed E-state index contributed by atoms with van der Waals surface area (Å²) in [6, 6.07) is 4.25. The van der Waals surface area contributed by atoms with E-state index in [9.17, 15) is 4.79 Å². The van der Waals surface area contributed by atoms with E-state index in [4.69, 9.17) is 0 Å². The molecule has 2 aromatic heterocycles. The molecule has 0 spiro atoms. The molecule has 0 radical (unpaired) electrons. The van der Waals surface area contributed by atoms with Crippen LogP contribution >= 0.6 is 0 Å². The highest BCUT2D eigenvalue weighted by atomic mass is 16.1. The molecule has 1 aliphatic heterocycles. The van der Waals surface area contributed by atoms with E-state index in [0.29, 0.717) is 0 Å². The van der Waals surface area contributed by atoms with Crippen molar-refractivity contribution in [3.8, 4) is 0 Å². The van der Waals surface area contributed by atoms with E-state index in [2.05, 4.69) is 26.4 Å². The highest BCUT2D eigenvalue weighted by molar-refractivity contribution is 5.73. The Bertz CT molecular complexity index is 663. The van der Waals surface area contributed by atoms with Crippen molar-refractivity contribution in [3.63, 3.8) is 0 Å². The summed E-state index contributed by atoms with van der Waals surface area (Å²) in [4.78, 5) is 17.9. The second-order valence-electron chi connectivity index (χ2n) is 5.44. The Hall–Kier alpha value is -2.11. The minimum Gasteiger partial charge on any atom is -0.354 e. The molecule has 3 heterocycles. The minimum absolute atomic E-state index is 0.0304. The van der Waals surface area contributed by atoms with Gasteiger partial charge in [-0.25, -0.2) is 4.98 Å². The van der Waals surface area contributed by atoms with Crippen molar-refractivity contribution in [2.24, 2.45) is 0 Å². The van der Waals surface area contributed by atoms with Gasteiger partial charge in [0.05, 0.1) is 5.69 Å². The zero-order valence-electron chi connectivity index (χ0n) is 12.1. The third-order valence-electron chi connectivity index (χ3n) is 3.58. The minimum atomic E-state index is 0.0304. The smallest absolute Gasteiger partial charge is 0.217 e. The first kappa shape index (κ1) is 12.9. The fraction of sp³-hybridized carbons (Fsp3) is 0.500. The number of aryl methyl sites for hydroxylation is 2. The van der Waals surface area contributed by atoms with Crippen molar-refractivity contribution in [2.75, 3.05) is 18.0 Å². The number of aromatic nitrogens is 3. The summed E-state index contributed by atoms with van der Waals surface area (Å²) in [6.45, 7) is 7.26. The van der Waals surface area contributed by atoms with Crippen molar-refractivity contribution in [1.82, 2.24) is 19.9 Å². The molecular weight excluding hydrogens is 254 g/mol. The Labute approximate surface area is 117 Å². The van der Waals surface area contributed by atoms with E-state index in [1.807, 2.05) is 24.4 Å². The quantitative estimate of drug-likeness (QED) is 0.888. The van der Waals surface area contributed by atoms with Crippen LogP contribution in [0.25, 0.3) is 5.65 Å². The van der Waals surface area contributed by atoms with E-state index in [1.54, 1.807) is 6.92 Å². The number of rotatable bonds is 2.